The van der Waals surface area contributed by atoms with Crippen molar-refractivity contribution >= 4 is 23.2 Å². The van der Waals surface area contributed by atoms with Gasteiger partial charge in [-0.25, -0.2) is 9.37 Å². The van der Waals surface area contributed by atoms with Gasteiger partial charge in [0.05, 0.1) is 29.5 Å². The van der Waals surface area contributed by atoms with Crippen LogP contribution in [0.3, 0.4) is 0 Å². The molecule has 43 heavy (non-hydrogen) atoms. The number of likely N-dealkylation sites (tertiary alicyclic amines) is 1. The summed E-state index contributed by atoms with van der Waals surface area (Å²) in [5.74, 6) is -0.468. The SMILES string of the molecule is COc1cccc2nc(C(=O)N(CC[C@@H]3C[C@@H](O)CN3C)Cc3ccc(C(F)(F)F)c(Cl)c3)c(-c3ccc(F)c(C)c3)n12. The number of aliphatic hydroxyl groups excluding tert-OH is 1. The first kappa shape index (κ1) is 30.8. The van der Waals surface area contributed by atoms with E-state index in [1.807, 2.05) is 11.9 Å². The van der Waals surface area contributed by atoms with Gasteiger partial charge in [0.1, 0.15) is 11.5 Å². The zero-order valence-corrected chi connectivity index (χ0v) is 24.6. The number of pyridine rings is 1. The molecule has 1 N–H and O–H groups in total. The Kier molecular flexibility index (Phi) is 8.69. The molecule has 1 fully saturated rings. The van der Waals surface area contributed by atoms with Gasteiger partial charge in [0.15, 0.2) is 11.6 Å². The lowest BCUT2D eigenvalue weighted by Gasteiger charge is -2.26. The molecule has 0 aliphatic carbocycles. The van der Waals surface area contributed by atoms with Gasteiger partial charge in [-0.3, -0.25) is 9.20 Å². The molecule has 2 atom stereocenters. The molecule has 0 bridgehead atoms. The zero-order valence-electron chi connectivity index (χ0n) is 23.8. The molecule has 3 heterocycles. The van der Waals surface area contributed by atoms with Gasteiger partial charge in [0, 0.05) is 31.2 Å². The number of fused-ring (bicyclic) bond motifs is 1. The predicted molar refractivity (Wildman–Crippen MR) is 155 cm³/mol. The van der Waals surface area contributed by atoms with Crippen LogP contribution in [0.15, 0.2) is 54.6 Å². The molecule has 1 saturated heterocycles. The Balaban J connectivity index is 1.59. The first-order chi connectivity index (χ1) is 20.4. The number of aryl methyl sites for hydroxylation is 1. The predicted octanol–water partition coefficient (Wildman–Crippen LogP) is 6.23. The first-order valence-corrected chi connectivity index (χ1v) is 14.1. The number of aromatic nitrogens is 2. The minimum atomic E-state index is -4.61. The number of aliphatic hydroxyl groups is 1. The van der Waals surface area contributed by atoms with E-state index in [2.05, 4.69) is 4.98 Å². The number of hydrogen-bond acceptors (Lipinski definition) is 5. The van der Waals surface area contributed by atoms with E-state index < -0.39 is 34.6 Å². The third-order valence-electron chi connectivity index (χ3n) is 7.85. The maximum Gasteiger partial charge on any atom is 0.417 e. The second-order valence-corrected chi connectivity index (χ2v) is 11.3. The normalized spacial score (nSPS) is 17.5. The standard InChI is InChI=1S/C31H31ClF4N4O3/c1-18-13-20(8-10-25(18)33)29-28(37-26-5-4-6-27(43-3)40(26)29)30(42)39(12-11-21-15-22(41)17-38(21)2)16-19-7-9-23(24(32)14-19)31(34,35)36/h4-10,13-14,21-22,41H,11-12,15-17H2,1-3H3/t21-,22-/m1/s1. The van der Waals surface area contributed by atoms with Gasteiger partial charge >= 0.3 is 6.18 Å². The van der Waals surface area contributed by atoms with E-state index in [9.17, 15) is 27.5 Å². The van der Waals surface area contributed by atoms with Crippen molar-refractivity contribution < 1.29 is 32.2 Å². The van der Waals surface area contributed by atoms with Crippen molar-refractivity contribution in [1.82, 2.24) is 19.2 Å². The zero-order chi connectivity index (χ0) is 31.1. The molecule has 0 radical (unpaired) electrons. The summed E-state index contributed by atoms with van der Waals surface area (Å²) in [5, 5.41) is 9.67. The molecule has 228 valence electrons. The lowest BCUT2D eigenvalue weighted by molar-refractivity contribution is -0.137. The minimum absolute atomic E-state index is 0.00174. The number of benzene rings is 2. The Bertz CT molecular complexity index is 1660. The van der Waals surface area contributed by atoms with Crippen molar-refractivity contribution in [3.8, 4) is 17.1 Å². The number of imidazole rings is 1. The van der Waals surface area contributed by atoms with Crippen LogP contribution in [-0.2, 0) is 12.7 Å². The summed E-state index contributed by atoms with van der Waals surface area (Å²) < 4.78 is 61.6. The van der Waals surface area contributed by atoms with Crippen LogP contribution < -0.4 is 4.74 Å². The largest absolute Gasteiger partial charge is 0.482 e. The third kappa shape index (κ3) is 6.34. The lowest BCUT2D eigenvalue weighted by Crippen LogP contribution is -2.36. The Morgan fingerprint density at radius 2 is 1.95 bits per heavy atom. The van der Waals surface area contributed by atoms with E-state index >= 15 is 0 Å². The first-order valence-electron chi connectivity index (χ1n) is 13.7. The molecule has 1 amide bonds. The summed E-state index contributed by atoms with van der Waals surface area (Å²) in [6.45, 7) is 2.32. The van der Waals surface area contributed by atoms with Crippen LogP contribution in [0, 0.1) is 12.7 Å². The van der Waals surface area contributed by atoms with Gasteiger partial charge in [-0.15, -0.1) is 0 Å². The van der Waals surface area contributed by atoms with Crippen molar-refractivity contribution in [2.75, 3.05) is 27.2 Å². The number of β-amino-alcohol motifs (C(OH)–C–C–N with tert-alkyl or cyclic N) is 1. The average Bonchev–Trinajstić information content (AvgIpc) is 3.50. The Hall–Kier alpha value is -3.67. The van der Waals surface area contributed by atoms with Crippen LogP contribution >= 0.6 is 11.6 Å². The Labute approximate surface area is 251 Å². The van der Waals surface area contributed by atoms with Gasteiger partial charge in [0.2, 0.25) is 0 Å². The molecule has 2 aromatic heterocycles. The summed E-state index contributed by atoms with van der Waals surface area (Å²) >= 11 is 6.01. The van der Waals surface area contributed by atoms with Crippen LogP contribution in [0.25, 0.3) is 16.9 Å². The highest BCUT2D eigenvalue weighted by Gasteiger charge is 2.34. The fourth-order valence-corrected chi connectivity index (χ4v) is 5.94. The molecular weight excluding hydrogens is 588 g/mol. The van der Waals surface area contributed by atoms with Crippen LogP contribution in [0.2, 0.25) is 5.02 Å². The monoisotopic (exact) mass is 618 g/mol. The van der Waals surface area contributed by atoms with Gasteiger partial charge in [-0.05, 0) is 80.4 Å². The van der Waals surface area contributed by atoms with Crippen molar-refractivity contribution in [3.63, 3.8) is 0 Å². The fraction of sp³-hybridized carbons (Fsp3) is 0.355. The van der Waals surface area contributed by atoms with Gasteiger partial charge in [-0.1, -0.05) is 23.7 Å². The van der Waals surface area contributed by atoms with Crippen LogP contribution in [0.5, 0.6) is 5.88 Å². The number of methoxy groups -OCH3 is 1. The Morgan fingerprint density at radius 1 is 1.19 bits per heavy atom. The number of amides is 1. The number of hydrogen-bond donors (Lipinski definition) is 1. The van der Waals surface area contributed by atoms with E-state index in [-0.39, 0.29) is 24.8 Å². The lowest BCUT2D eigenvalue weighted by atomic mass is 10.0. The molecule has 5 rings (SSSR count). The molecule has 1 aliphatic rings. The smallest absolute Gasteiger partial charge is 0.417 e. The van der Waals surface area contributed by atoms with Crippen molar-refractivity contribution in [1.29, 1.82) is 0 Å². The van der Waals surface area contributed by atoms with Crippen molar-refractivity contribution in [2.45, 2.75) is 44.6 Å². The number of ether oxygens (including phenoxy) is 1. The summed E-state index contributed by atoms with van der Waals surface area (Å²) in [5.41, 5.74) is 1.26. The second kappa shape index (κ2) is 12.1. The number of alkyl halides is 3. The molecule has 1 aliphatic heterocycles. The van der Waals surface area contributed by atoms with Crippen molar-refractivity contribution in [3.05, 3.63) is 87.8 Å². The Morgan fingerprint density at radius 3 is 2.58 bits per heavy atom. The summed E-state index contributed by atoms with van der Waals surface area (Å²) in [6.07, 6.45) is -4.05. The van der Waals surface area contributed by atoms with E-state index in [1.54, 1.807) is 41.7 Å². The van der Waals surface area contributed by atoms with Crippen molar-refractivity contribution in [2.24, 2.45) is 0 Å². The average molecular weight is 619 g/mol. The highest BCUT2D eigenvalue weighted by Crippen LogP contribution is 2.36. The van der Waals surface area contributed by atoms with E-state index in [0.29, 0.717) is 53.3 Å². The fourth-order valence-electron chi connectivity index (χ4n) is 5.63. The molecule has 7 nitrogen and oxygen atoms in total. The highest BCUT2D eigenvalue weighted by molar-refractivity contribution is 6.31. The van der Waals surface area contributed by atoms with Gasteiger partial charge in [-0.2, -0.15) is 13.2 Å². The molecule has 0 saturated carbocycles. The molecule has 2 aromatic carbocycles. The molecule has 12 heteroatoms. The summed E-state index contributed by atoms with van der Waals surface area (Å²) in [7, 11) is 3.38. The second-order valence-electron chi connectivity index (χ2n) is 10.8. The van der Waals surface area contributed by atoms with Crippen LogP contribution in [0.1, 0.15) is 40.0 Å². The molecule has 4 aromatic rings. The molecular formula is C31H31ClF4N4O3. The maximum atomic E-state index is 14.4. The van der Waals surface area contributed by atoms with E-state index in [1.165, 1.54) is 30.2 Å². The molecule has 0 spiro atoms. The van der Waals surface area contributed by atoms with Gasteiger partial charge in [0.25, 0.3) is 5.91 Å². The van der Waals surface area contributed by atoms with Gasteiger partial charge < -0.3 is 19.6 Å². The number of likely N-dealkylation sites (N-methyl/N-ethyl adjacent to an activating group) is 1. The maximum absolute atomic E-state index is 14.4. The van der Waals surface area contributed by atoms with Crippen LogP contribution in [-0.4, -0.2) is 69.6 Å². The van der Waals surface area contributed by atoms with Crippen LogP contribution in [0.4, 0.5) is 17.6 Å². The number of carbonyl (C=O) groups is 1. The topological polar surface area (TPSA) is 70.3 Å². The molecule has 0 unspecified atom stereocenters. The number of nitrogens with zero attached hydrogens (tertiary/aromatic N) is 4. The number of carbonyl (C=O) groups excluding carboxylic acids is 1. The quantitative estimate of drug-likeness (QED) is 0.237. The van der Waals surface area contributed by atoms with E-state index in [0.717, 1.165) is 6.07 Å². The number of rotatable bonds is 8. The minimum Gasteiger partial charge on any atom is -0.482 e. The third-order valence-corrected chi connectivity index (χ3v) is 8.16. The summed E-state index contributed by atoms with van der Waals surface area (Å²) in [4.78, 5) is 22.6. The van der Waals surface area contributed by atoms with E-state index in [4.69, 9.17) is 16.3 Å². The number of halogens is 5. The summed E-state index contributed by atoms with van der Waals surface area (Å²) in [6, 6.07) is 13.1. The highest BCUT2D eigenvalue weighted by atomic mass is 35.5.